The van der Waals surface area contributed by atoms with Gasteiger partial charge < -0.3 is 16.0 Å². The molecule has 1 aromatic rings. The van der Waals surface area contributed by atoms with Gasteiger partial charge in [0.1, 0.15) is 11.0 Å². The van der Waals surface area contributed by atoms with E-state index in [2.05, 4.69) is 10.2 Å². The van der Waals surface area contributed by atoms with Crippen molar-refractivity contribution in [2.75, 3.05) is 18.0 Å². The standard InChI is InChI=1S/C13H17N3OS/c1-8-7-10(3-4-11(8)12(14)18)16-6-5-15-13(17)9(16)2/h3-4,7,9H,5-6H2,1-2H3,(H2,14,18)(H,15,17). The van der Waals surface area contributed by atoms with Crippen LogP contribution in [0.1, 0.15) is 18.1 Å². The van der Waals surface area contributed by atoms with Crippen LogP contribution >= 0.6 is 12.2 Å². The molecule has 1 unspecified atom stereocenters. The van der Waals surface area contributed by atoms with Crippen molar-refractivity contribution in [1.82, 2.24) is 5.32 Å². The summed E-state index contributed by atoms with van der Waals surface area (Å²) < 4.78 is 0. The number of carbonyl (C=O) groups is 1. The van der Waals surface area contributed by atoms with E-state index in [0.29, 0.717) is 11.5 Å². The van der Waals surface area contributed by atoms with E-state index in [1.807, 2.05) is 32.0 Å². The zero-order valence-corrected chi connectivity index (χ0v) is 11.4. The van der Waals surface area contributed by atoms with E-state index < -0.39 is 0 Å². The monoisotopic (exact) mass is 263 g/mol. The van der Waals surface area contributed by atoms with Gasteiger partial charge in [0.2, 0.25) is 5.91 Å². The van der Waals surface area contributed by atoms with Crippen molar-refractivity contribution < 1.29 is 4.79 Å². The van der Waals surface area contributed by atoms with Crippen molar-refractivity contribution in [1.29, 1.82) is 0 Å². The molecule has 5 heteroatoms. The van der Waals surface area contributed by atoms with Gasteiger partial charge in [0.15, 0.2) is 0 Å². The first-order valence-corrected chi connectivity index (χ1v) is 6.36. The van der Waals surface area contributed by atoms with Crippen LogP contribution in [0.4, 0.5) is 5.69 Å². The number of amides is 1. The van der Waals surface area contributed by atoms with Gasteiger partial charge in [-0.25, -0.2) is 0 Å². The number of rotatable bonds is 2. The van der Waals surface area contributed by atoms with Gasteiger partial charge in [-0.2, -0.15) is 0 Å². The average Bonchev–Trinajstić information content (AvgIpc) is 2.32. The smallest absolute Gasteiger partial charge is 0.242 e. The molecule has 1 aliphatic rings. The highest BCUT2D eigenvalue weighted by molar-refractivity contribution is 7.80. The number of nitrogens with zero attached hydrogens (tertiary/aromatic N) is 1. The molecule has 1 heterocycles. The van der Waals surface area contributed by atoms with Crippen molar-refractivity contribution in [2.24, 2.45) is 5.73 Å². The van der Waals surface area contributed by atoms with E-state index in [4.69, 9.17) is 18.0 Å². The van der Waals surface area contributed by atoms with Crippen LogP contribution in [0, 0.1) is 6.92 Å². The van der Waals surface area contributed by atoms with Gasteiger partial charge in [-0.05, 0) is 37.6 Å². The number of benzene rings is 1. The molecule has 0 radical (unpaired) electrons. The number of nitrogens with one attached hydrogen (secondary N) is 1. The normalized spacial score (nSPS) is 19.6. The third-order valence-electron chi connectivity index (χ3n) is 3.31. The molecule has 1 atom stereocenters. The molecule has 2 rings (SSSR count). The second-order valence-corrected chi connectivity index (χ2v) is 4.96. The first-order chi connectivity index (χ1) is 8.50. The SMILES string of the molecule is Cc1cc(N2CCNC(=O)C2C)ccc1C(N)=S. The number of nitrogens with two attached hydrogens (primary N) is 1. The maximum absolute atomic E-state index is 11.6. The molecular formula is C13H17N3OS. The lowest BCUT2D eigenvalue weighted by molar-refractivity contribution is -0.122. The number of thiocarbonyl (C=S) groups is 1. The maximum Gasteiger partial charge on any atom is 0.242 e. The Kier molecular flexibility index (Phi) is 3.52. The summed E-state index contributed by atoms with van der Waals surface area (Å²) in [7, 11) is 0. The van der Waals surface area contributed by atoms with Gasteiger partial charge in [-0.3, -0.25) is 4.79 Å². The molecule has 0 aromatic heterocycles. The average molecular weight is 263 g/mol. The Bertz CT molecular complexity index is 501. The van der Waals surface area contributed by atoms with Crippen molar-refractivity contribution in [3.05, 3.63) is 29.3 Å². The minimum Gasteiger partial charge on any atom is -0.389 e. The largest absolute Gasteiger partial charge is 0.389 e. The predicted octanol–water partition coefficient (Wildman–Crippen LogP) is 0.954. The highest BCUT2D eigenvalue weighted by Crippen LogP contribution is 2.22. The molecule has 1 aliphatic heterocycles. The van der Waals surface area contributed by atoms with Gasteiger partial charge in [0, 0.05) is 24.3 Å². The van der Waals surface area contributed by atoms with Gasteiger partial charge in [0.05, 0.1) is 0 Å². The van der Waals surface area contributed by atoms with Crippen molar-refractivity contribution >= 4 is 28.8 Å². The molecule has 0 bridgehead atoms. The highest BCUT2D eigenvalue weighted by Gasteiger charge is 2.25. The van der Waals surface area contributed by atoms with Crippen LogP contribution in [0.25, 0.3) is 0 Å². The second-order valence-electron chi connectivity index (χ2n) is 4.52. The summed E-state index contributed by atoms with van der Waals surface area (Å²) in [6.07, 6.45) is 0. The number of hydrogen-bond donors (Lipinski definition) is 2. The van der Waals surface area contributed by atoms with Crippen molar-refractivity contribution in [2.45, 2.75) is 19.9 Å². The Morgan fingerprint density at radius 2 is 2.28 bits per heavy atom. The minimum atomic E-state index is -0.145. The predicted molar refractivity (Wildman–Crippen MR) is 76.9 cm³/mol. The molecule has 1 amide bonds. The zero-order valence-electron chi connectivity index (χ0n) is 10.6. The summed E-state index contributed by atoms with van der Waals surface area (Å²) in [4.78, 5) is 14.1. The van der Waals surface area contributed by atoms with E-state index >= 15 is 0 Å². The summed E-state index contributed by atoms with van der Waals surface area (Å²) in [6.45, 7) is 5.38. The lowest BCUT2D eigenvalue weighted by Crippen LogP contribution is -2.54. The third kappa shape index (κ3) is 2.31. The van der Waals surface area contributed by atoms with Gasteiger partial charge in [0.25, 0.3) is 0 Å². The Morgan fingerprint density at radius 3 is 2.89 bits per heavy atom. The number of hydrogen-bond acceptors (Lipinski definition) is 3. The molecule has 0 saturated carbocycles. The Balaban J connectivity index is 2.31. The summed E-state index contributed by atoms with van der Waals surface area (Å²) in [5, 5.41) is 2.85. The Morgan fingerprint density at radius 1 is 1.56 bits per heavy atom. The van der Waals surface area contributed by atoms with Crippen LogP contribution in [-0.4, -0.2) is 30.0 Å². The Hall–Kier alpha value is -1.62. The van der Waals surface area contributed by atoms with Gasteiger partial charge in [-0.1, -0.05) is 12.2 Å². The lowest BCUT2D eigenvalue weighted by Gasteiger charge is -2.35. The molecule has 96 valence electrons. The molecular weight excluding hydrogens is 246 g/mol. The van der Waals surface area contributed by atoms with Crippen LogP contribution in [-0.2, 0) is 4.79 Å². The quantitative estimate of drug-likeness (QED) is 0.780. The number of piperazine rings is 1. The molecule has 1 aromatic carbocycles. The number of aryl methyl sites for hydroxylation is 1. The first kappa shape index (κ1) is 12.8. The molecule has 18 heavy (non-hydrogen) atoms. The Labute approximate surface area is 112 Å². The molecule has 3 N–H and O–H groups in total. The molecule has 0 spiro atoms. The van der Waals surface area contributed by atoms with E-state index in [1.54, 1.807) is 0 Å². The van der Waals surface area contributed by atoms with Crippen molar-refractivity contribution in [3.8, 4) is 0 Å². The maximum atomic E-state index is 11.6. The van der Waals surface area contributed by atoms with E-state index in [0.717, 1.165) is 23.4 Å². The summed E-state index contributed by atoms with van der Waals surface area (Å²) in [6, 6.07) is 5.78. The van der Waals surface area contributed by atoms with Crippen LogP contribution < -0.4 is 16.0 Å². The fraction of sp³-hybridized carbons (Fsp3) is 0.385. The van der Waals surface area contributed by atoms with E-state index in [-0.39, 0.29) is 11.9 Å². The molecule has 1 saturated heterocycles. The fourth-order valence-corrected chi connectivity index (χ4v) is 2.47. The molecule has 0 aliphatic carbocycles. The van der Waals surface area contributed by atoms with Crippen molar-refractivity contribution in [3.63, 3.8) is 0 Å². The number of carbonyl (C=O) groups excluding carboxylic acids is 1. The number of anilines is 1. The zero-order chi connectivity index (χ0) is 13.3. The fourth-order valence-electron chi connectivity index (χ4n) is 2.24. The summed E-state index contributed by atoms with van der Waals surface area (Å²) in [5.74, 6) is 0.0670. The summed E-state index contributed by atoms with van der Waals surface area (Å²) >= 11 is 4.99. The molecule has 1 fully saturated rings. The minimum absolute atomic E-state index is 0.0670. The third-order valence-corrected chi connectivity index (χ3v) is 3.53. The van der Waals surface area contributed by atoms with E-state index in [1.165, 1.54) is 0 Å². The lowest BCUT2D eigenvalue weighted by atomic mass is 10.1. The molecule has 4 nitrogen and oxygen atoms in total. The van der Waals surface area contributed by atoms with Gasteiger partial charge in [-0.15, -0.1) is 0 Å². The van der Waals surface area contributed by atoms with Crippen LogP contribution in [0.15, 0.2) is 18.2 Å². The summed E-state index contributed by atoms with van der Waals surface area (Å²) in [5.41, 5.74) is 8.61. The first-order valence-electron chi connectivity index (χ1n) is 5.95. The van der Waals surface area contributed by atoms with E-state index in [9.17, 15) is 4.79 Å². The topological polar surface area (TPSA) is 58.4 Å². The van der Waals surface area contributed by atoms with Crippen LogP contribution in [0.2, 0.25) is 0 Å². The van der Waals surface area contributed by atoms with Gasteiger partial charge >= 0.3 is 0 Å². The highest BCUT2D eigenvalue weighted by atomic mass is 32.1. The second kappa shape index (κ2) is 4.94. The van der Waals surface area contributed by atoms with Crippen LogP contribution in [0.3, 0.4) is 0 Å². The van der Waals surface area contributed by atoms with Crippen LogP contribution in [0.5, 0.6) is 0 Å².